The number of benzene rings is 1. The molecule has 0 fully saturated rings. The highest BCUT2D eigenvalue weighted by Gasteiger charge is 2.33. The van der Waals surface area contributed by atoms with Gasteiger partial charge in [0.1, 0.15) is 6.61 Å². The highest BCUT2D eigenvalue weighted by molar-refractivity contribution is 5.95. The number of allylic oxidation sites excluding steroid dienone is 1. The van der Waals surface area contributed by atoms with Crippen LogP contribution in [0.4, 0.5) is 13.6 Å². The number of hydrogen-bond acceptors (Lipinski definition) is 6. The number of carbonyl (C=O) groups is 2. The van der Waals surface area contributed by atoms with E-state index in [0.29, 0.717) is 11.3 Å². The maximum Gasteiger partial charge on any atom is 0.387 e. The van der Waals surface area contributed by atoms with Gasteiger partial charge in [0, 0.05) is 12.8 Å². The van der Waals surface area contributed by atoms with Crippen LogP contribution in [0.1, 0.15) is 25.5 Å². The van der Waals surface area contributed by atoms with Crippen LogP contribution in [0.15, 0.2) is 29.5 Å². The van der Waals surface area contributed by atoms with Gasteiger partial charge in [-0.25, -0.2) is 9.59 Å². The lowest BCUT2D eigenvalue weighted by molar-refractivity contribution is -0.140. The summed E-state index contributed by atoms with van der Waals surface area (Å²) >= 11 is 0. The number of rotatable bonds is 9. The Morgan fingerprint density at radius 3 is 2.64 bits per heavy atom. The molecule has 0 aliphatic carbocycles. The SMILES string of the molecule is CCOc1cc([C@H]2NC(=O)NC(C)=C2C(=O)OCCOC)ccc1OC(F)F. The van der Waals surface area contributed by atoms with Crippen molar-refractivity contribution < 1.29 is 37.3 Å². The first-order chi connectivity index (χ1) is 13.4. The number of amides is 2. The second-order valence-corrected chi connectivity index (χ2v) is 5.72. The summed E-state index contributed by atoms with van der Waals surface area (Å²) in [5.74, 6) is -0.721. The Kier molecular flexibility index (Phi) is 7.56. The van der Waals surface area contributed by atoms with Crippen LogP contribution >= 0.6 is 0 Å². The van der Waals surface area contributed by atoms with Crippen molar-refractivity contribution in [2.75, 3.05) is 26.9 Å². The second kappa shape index (κ2) is 9.88. The Morgan fingerprint density at radius 1 is 1.25 bits per heavy atom. The number of carbonyl (C=O) groups excluding carboxylic acids is 2. The van der Waals surface area contributed by atoms with E-state index >= 15 is 0 Å². The zero-order chi connectivity index (χ0) is 20.7. The molecule has 10 heteroatoms. The molecule has 0 bridgehead atoms. The molecule has 2 amide bonds. The average molecular weight is 400 g/mol. The molecule has 1 atom stereocenters. The lowest BCUT2D eigenvalue weighted by Gasteiger charge is -2.28. The summed E-state index contributed by atoms with van der Waals surface area (Å²) in [5, 5.41) is 5.15. The van der Waals surface area contributed by atoms with Crippen molar-refractivity contribution >= 4 is 12.0 Å². The van der Waals surface area contributed by atoms with Gasteiger partial charge in [0.25, 0.3) is 0 Å². The normalized spacial score (nSPS) is 16.5. The highest BCUT2D eigenvalue weighted by Crippen LogP contribution is 2.35. The molecule has 2 N–H and O–H groups in total. The van der Waals surface area contributed by atoms with E-state index < -0.39 is 24.7 Å². The van der Waals surface area contributed by atoms with E-state index in [0.717, 1.165) is 0 Å². The van der Waals surface area contributed by atoms with Crippen molar-refractivity contribution in [2.45, 2.75) is 26.5 Å². The van der Waals surface area contributed by atoms with E-state index in [1.54, 1.807) is 13.8 Å². The van der Waals surface area contributed by atoms with E-state index in [4.69, 9.17) is 14.2 Å². The largest absolute Gasteiger partial charge is 0.490 e. The fourth-order valence-corrected chi connectivity index (χ4v) is 2.68. The van der Waals surface area contributed by atoms with Gasteiger partial charge in [0.15, 0.2) is 11.5 Å². The summed E-state index contributed by atoms with van der Waals surface area (Å²) < 4.78 is 45.0. The molecule has 28 heavy (non-hydrogen) atoms. The molecular formula is C18H22F2N2O6. The Labute approximate surface area is 160 Å². The van der Waals surface area contributed by atoms with Crippen molar-refractivity contribution in [1.29, 1.82) is 0 Å². The first kappa shape index (κ1) is 21.4. The van der Waals surface area contributed by atoms with Gasteiger partial charge in [-0.05, 0) is 31.5 Å². The number of esters is 1. The summed E-state index contributed by atoms with van der Waals surface area (Å²) in [7, 11) is 1.47. The van der Waals surface area contributed by atoms with Gasteiger partial charge in [-0.2, -0.15) is 8.78 Å². The molecule has 0 aromatic heterocycles. The van der Waals surface area contributed by atoms with E-state index in [9.17, 15) is 18.4 Å². The van der Waals surface area contributed by atoms with Crippen LogP contribution in [0.5, 0.6) is 11.5 Å². The van der Waals surface area contributed by atoms with Crippen molar-refractivity contribution in [3.05, 3.63) is 35.0 Å². The fraction of sp³-hybridized carbons (Fsp3) is 0.444. The molecule has 154 valence electrons. The van der Waals surface area contributed by atoms with Crippen LogP contribution < -0.4 is 20.1 Å². The van der Waals surface area contributed by atoms with Crippen molar-refractivity contribution in [2.24, 2.45) is 0 Å². The number of alkyl halides is 2. The molecule has 1 aromatic carbocycles. The van der Waals surface area contributed by atoms with Gasteiger partial charge in [-0.15, -0.1) is 0 Å². The average Bonchev–Trinajstić information content (AvgIpc) is 2.62. The summed E-state index contributed by atoms with van der Waals surface area (Å²) in [4.78, 5) is 24.4. The molecule has 1 heterocycles. The zero-order valence-electron chi connectivity index (χ0n) is 15.7. The molecule has 8 nitrogen and oxygen atoms in total. The fourth-order valence-electron chi connectivity index (χ4n) is 2.68. The Balaban J connectivity index is 2.38. The lowest BCUT2D eigenvalue weighted by atomic mass is 9.95. The van der Waals surface area contributed by atoms with Crippen LogP contribution in [0.25, 0.3) is 0 Å². The minimum Gasteiger partial charge on any atom is -0.490 e. The lowest BCUT2D eigenvalue weighted by Crippen LogP contribution is -2.45. The van der Waals surface area contributed by atoms with Crippen LogP contribution in [0, 0.1) is 0 Å². The number of nitrogens with one attached hydrogen (secondary N) is 2. The highest BCUT2D eigenvalue weighted by atomic mass is 19.3. The minimum atomic E-state index is -3.02. The molecule has 1 aromatic rings. The summed E-state index contributed by atoms with van der Waals surface area (Å²) in [6.07, 6.45) is 0. The van der Waals surface area contributed by atoms with Crippen LogP contribution in [-0.4, -0.2) is 45.5 Å². The molecule has 1 aliphatic rings. The van der Waals surface area contributed by atoms with E-state index in [-0.39, 0.29) is 36.9 Å². The Hall–Kier alpha value is -2.88. The predicted molar refractivity (Wildman–Crippen MR) is 94.2 cm³/mol. The molecule has 2 rings (SSSR count). The third kappa shape index (κ3) is 5.32. The summed E-state index contributed by atoms with van der Waals surface area (Å²) in [5.41, 5.74) is 0.945. The maximum atomic E-state index is 12.6. The molecule has 0 saturated carbocycles. The molecule has 0 spiro atoms. The van der Waals surface area contributed by atoms with Crippen molar-refractivity contribution in [3.63, 3.8) is 0 Å². The minimum absolute atomic E-state index is 0.0398. The van der Waals surface area contributed by atoms with Crippen molar-refractivity contribution in [3.8, 4) is 11.5 Å². The quantitative estimate of drug-likeness (QED) is 0.489. The van der Waals surface area contributed by atoms with Gasteiger partial charge in [0.2, 0.25) is 0 Å². The zero-order valence-corrected chi connectivity index (χ0v) is 15.7. The summed E-state index contributed by atoms with van der Waals surface area (Å²) in [6, 6.07) is 2.83. The maximum absolute atomic E-state index is 12.6. The van der Waals surface area contributed by atoms with Gasteiger partial charge in [0.05, 0.1) is 24.8 Å². The number of urea groups is 1. The monoisotopic (exact) mass is 400 g/mol. The van der Waals surface area contributed by atoms with E-state index in [2.05, 4.69) is 15.4 Å². The third-order valence-corrected chi connectivity index (χ3v) is 3.83. The van der Waals surface area contributed by atoms with Gasteiger partial charge in [-0.1, -0.05) is 6.07 Å². The predicted octanol–water partition coefficient (Wildman–Crippen LogP) is 2.50. The van der Waals surface area contributed by atoms with Crippen LogP contribution in [-0.2, 0) is 14.3 Å². The molecular weight excluding hydrogens is 378 g/mol. The number of halogens is 2. The van der Waals surface area contributed by atoms with Crippen LogP contribution in [0.2, 0.25) is 0 Å². The smallest absolute Gasteiger partial charge is 0.387 e. The molecule has 0 saturated heterocycles. The van der Waals surface area contributed by atoms with E-state index in [1.807, 2.05) is 0 Å². The Morgan fingerprint density at radius 2 is 2.00 bits per heavy atom. The first-order valence-corrected chi connectivity index (χ1v) is 8.53. The van der Waals surface area contributed by atoms with Gasteiger partial charge < -0.3 is 29.6 Å². The summed E-state index contributed by atoms with van der Waals surface area (Å²) in [6.45, 7) is 0.707. The van der Waals surface area contributed by atoms with Gasteiger partial charge >= 0.3 is 18.6 Å². The van der Waals surface area contributed by atoms with Crippen molar-refractivity contribution in [1.82, 2.24) is 10.6 Å². The third-order valence-electron chi connectivity index (χ3n) is 3.83. The van der Waals surface area contributed by atoms with E-state index in [1.165, 1.54) is 25.3 Å². The molecule has 0 radical (unpaired) electrons. The topological polar surface area (TPSA) is 95.1 Å². The Bertz CT molecular complexity index is 754. The number of methoxy groups -OCH3 is 1. The standard InChI is InChI=1S/C18H22F2N2O6/c1-4-26-13-9-11(5-6-12(13)28-17(19)20)15-14(10(2)21-18(24)22-15)16(23)27-8-7-25-3/h5-6,9,15,17H,4,7-8H2,1-3H3,(H2,21,22,24)/t15-/m1/s1. The van der Waals surface area contributed by atoms with Crippen LogP contribution in [0.3, 0.4) is 0 Å². The number of hydrogen-bond donors (Lipinski definition) is 2. The first-order valence-electron chi connectivity index (χ1n) is 8.53. The molecule has 1 aliphatic heterocycles. The van der Waals surface area contributed by atoms with Gasteiger partial charge in [-0.3, -0.25) is 0 Å². The number of ether oxygens (including phenoxy) is 4. The molecule has 0 unspecified atom stereocenters. The second-order valence-electron chi connectivity index (χ2n) is 5.72.